The number of Topliss-reactive ketones (excluding diaryl/α,β-unsaturated/α-hetero) is 1. The van der Waals surface area contributed by atoms with Gasteiger partial charge in [-0.3, -0.25) is 9.28 Å². The van der Waals surface area contributed by atoms with Gasteiger partial charge in [0.1, 0.15) is 5.82 Å². The maximum atomic E-state index is 13.7. The molecule has 0 saturated carbocycles. The van der Waals surface area contributed by atoms with Gasteiger partial charge in [0.2, 0.25) is 6.73 Å². The lowest BCUT2D eigenvalue weighted by atomic mass is 9.90. The second kappa shape index (κ2) is 14.8. The maximum Gasteiger partial charge on any atom is 0.411 e. The van der Waals surface area contributed by atoms with Crippen LogP contribution in [-0.4, -0.2) is 61.6 Å². The molecule has 10 heteroatoms. The average molecular weight is 606 g/mol. The molecule has 44 heavy (non-hydrogen) atoms. The van der Waals surface area contributed by atoms with Crippen LogP contribution in [-0.2, 0) is 11.3 Å². The maximum absolute atomic E-state index is 13.7. The highest BCUT2D eigenvalue weighted by Crippen LogP contribution is 2.35. The number of rotatable bonds is 12. The molecule has 3 aromatic carbocycles. The Morgan fingerprint density at radius 2 is 1.82 bits per heavy atom. The van der Waals surface area contributed by atoms with E-state index in [9.17, 15) is 14.0 Å². The molecular weight excluding hydrogens is 565 g/mol. The highest BCUT2D eigenvalue weighted by molar-refractivity contribution is 5.94. The molecule has 1 N–H and O–H groups in total. The van der Waals surface area contributed by atoms with E-state index >= 15 is 0 Å². The Balaban J connectivity index is 0.00000442. The first-order chi connectivity index (χ1) is 20.9. The first-order valence-corrected chi connectivity index (χ1v) is 14.5. The van der Waals surface area contributed by atoms with E-state index in [1.165, 1.54) is 19.1 Å². The van der Waals surface area contributed by atoms with Crippen LogP contribution >= 0.6 is 0 Å². The lowest BCUT2D eigenvalue weighted by Gasteiger charge is -2.42. The molecule has 0 atom stereocenters. The van der Waals surface area contributed by atoms with Crippen LogP contribution in [0.25, 0.3) is 11.0 Å². The number of nitrogens with one attached hydrogen (secondary N) is 1. The number of hydrogen-bond donors (Lipinski definition) is 1. The number of alkyl carbamates (subject to hydrolysis) is 1. The van der Waals surface area contributed by atoms with Crippen molar-refractivity contribution < 1.29 is 37.2 Å². The fraction of sp³-hybridized carbons (Fsp3) is 0.353. The number of benzene rings is 3. The van der Waals surface area contributed by atoms with Crippen LogP contribution in [0.5, 0.6) is 11.5 Å². The fourth-order valence-electron chi connectivity index (χ4n) is 5.64. The molecule has 1 amide bonds. The third-order valence-corrected chi connectivity index (χ3v) is 8.11. The topological polar surface area (TPSA) is 99.9 Å². The first-order valence-electron chi connectivity index (χ1n) is 14.5. The summed E-state index contributed by atoms with van der Waals surface area (Å²) in [6.45, 7) is 4.83. The van der Waals surface area contributed by atoms with E-state index in [4.69, 9.17) is 18.7 Å². The molecular formula is C34H40FN3O6. The number of piperidine rings is 1. The lowest BCUT2D eigenvalue weighted by Crippen LogP contribution is -2.55. The molecule has 4 aromatic rings. The largest absolute Gasteiger partial charge is 0.493 e. The molecule has 1 fully saturated rings. The van der Waals surface area contributed by atoms with Gasteiger partial charge in [-0.2, -0.15) is 0 Å². The van der Waals surface area contributed by atoms with E-state index in [0.29, 0.717) is 46.7 Å². The Kier molecular flexibility index (Phi) is 10.9. The van der Waals surface area contributed by atoms with Crippen molar-refractivity contribution in [3.05, 3.63) is 96.8 Å². The van der Waals surface area contributed by atoms with Gasteiger partial charge in [0, 0.05) is 48.7 Å². The van der Waals surface area contributed by atoms with E-state index in [0.717, 1.165) is 49.1 Å². The summed E-state index contributed by atoms with van der Waals surface area (Å²) >= 11 is 0. The third kappa shape index (κ3) is 7.93. The van der Waals surface area contributed by atoms with Crippen LogP contribution in [0.1, 0.15) is 53.7 Å². The number of halogens is 1. The number of quaternary nitrogens is 1. The van der Waals surface area contributed by atoms with Gasteiger partial charge in [-0.15, -0.1) is 0 Å². The number of amides is 1. The van der Waals surface area contributed by atoms with Gasteiger partial charge in [-0.1, -0.05) is 35.5 Å². The van der Waals surface area contributed by atoms with Gasteiger partial charge in [-0.05, 0) is 42.8 Å². The summed E-state index contributed by atoms with van der Waals surface area (Å²) in [5.74, 6) is 0.842. The number of carbonyl (C=O) groups is 2. The van der Waals surface area contributed by atoms with Gasteiger partial charge >= 0.3 is 6.09 Å². The Hall–Kier alpha value is -4.44. The number of ketones is 1. The van der Waals surface area contributed by atoms with Gasteiger partial charge in [0.15, 0.2) is 22.9 Å². The van der Waals surface area contributed by atoms with E-state index in [-0.39, 0.29) is 31.7 Å². The zero-order valence-corrected chi connectivity index (χ0v) is 25.5. The van der Waals surface area contributed by atoms with Crippen molar-refractivity contribution in [2.75, 3.05) is 40.1 Å². The molecule has 0 bridgehead atoms. The van der Waals surface area contributed by atoms with Crippen LogP contribution in [0.4, 0.5) is 9.18 Å². The van der Waals surface area contributed by atoms with Crippen molar-refractivity contribution in [1.29, 1.82) is 0 Å². The van der Waals surface area contributed by atoms with Crippen LogP contribution in [0, 0.1) is 13.2 Å². The minimum Gasteiger partial charge on any atom is -0.493 e. The van der Waals surface area contributed by atoms with E-state index in [2.05, 4.69) is 10.5 Å². The van der Waals surface area contributed by atoms with Crippen molar-refractivity contribution in [3.63, 3.8) is 0 Å². The van der Waals surface area contributed by atoms with Crippen LogP contribution in [0.2, 0.25) is 0 Å². The number of nitrogens with zero attached hydrogens (tertiary/aromatic N) is 2. The van der Waals surface area contributed by atoms with Crippen molar-refractivity contribution in [1.82, 2.24) is 10.5 Å². The molecule has 0 radical (unpaired) electrons. The molecule has 2 heterocycles. The molecule has 1 aliphatic rings. The van der Waals surface area contributed by atoms with Crippen LogP contribution in [0.15, 0.2) is 71.3 Å². The minimum absolute atomic E-state index is 0. The zero-order chi connectivity index (χ0) is 30.2. The first kappa shape index (κ1) is 32.5. The number of fused-ring (bicyclic) bond motifs is 1. The van der Waals surface area contributed by atoms with E-state index in [1.54, 1.807) is 31.4 Å². The number of aromatic nitrogens is 1. The summed E-state index contributed by atoms with van der Waals surface area (Å²) in [5, 5.41) is 7.95. The number of carbonyl (C=O) groups excluding carboxylic acids is 2. The summed E-state index contributed by atoms with van der Waals surface area (Å²) in [5.41, 5.74) is 2.85. The Labute approximate surface area is 257 Å². The molecule has 234 valence electrons. The number of methoxy groups -OCH3 is 1. The molecule has 0 unspecified atom stereocenters. The Bertz CT molecular complexity index is 1550. The molecule has 1 saturated heterocycles. The van der Waals surface area contributed by atoms with Crippen LogP contribution in [0.3, 0.4) is 0 Å². The predicted octanol–water partition coefficient (Wildman–Crippen LogP) is 6.68. The Morgan fingerprint density at radius 3 is 2.55 bits per heavy atom. The van der Waals surface area contributed by atoms with Crippen LogP contribution < -0.4 is 14.8 Å². The molecule has 1 aromatic heterocycles. The molecule has 1 aliphatic heterocycles. The summed E-state index contributed by atoms with van der Waals surface area (Å²) in [6, 6.07) is 19.3. The van der Waals surface area contributed by atoms with Gasteiger partial charge < -0.3 is 31.5 Å². The minimum atomic E-state index is -0.459. The molecule has 0 spiro atoms. The van der Waals surface area contributed by atoms with Crippen molar-refractivity contribution >= 4 is 22.8 Å². The third-order valence-electron chi connectivity index (χ3n) is 8.11. The summed E-state index contributed by atoms with van der Waals surface area (Å²) < 4.78 is 36.9. The highest BCUT2D eigenvalue weighted by atomic mass is 19.1. The van der Waals surface area contributed by atoms with Crippen molar-refractivity contribution in [2.45, 2.75) is 38.6 Å². The van der Waals surface area contributed by atoms with Gasteiger partial charge in [0.25, 0.3) is 0 Å². The number of hydrogen-bond acceptors (Lipinski definition) is 7. The Morgan fingerprint density at radius 1 is 1.05 bits per heavy atom. The smallest absolute Gasteiger partial charge is 0.411 e. The SMILES string of the molecule is COc1cc(C(C)=O)ccc1OCCC[N+]1(COC(=O)NCc2ccccc2)CCC(c2noc3cc(F)ccc23)CC1.[CH3-]. The normalized spacial score (nSPS) is 17.8. The summed E-state index contributed by atoms with van der Waals surface area (Å²) in [6.07, 6.45) is 1.88. The predicted molar refractivity (Wildman–Crippen MR) is 165 cm³/mol. The van der Waals surface area contributed by atoms with E-state index < -0.39 is 6.09 Å². The summed E-state index contributed by atoms with van der Waals surface area (Å²) in [4.78, 5) is 24.4. The number of ether oxygens (including phenoxy) is 3. The van der Waals surface area contributed by atoms with Gasteiger partial charge in [-0.25, -0.2) is 9.18 Å². The fourth-order valence-corrected chi connectivity index (χ4v) is 5.64. The number of likely N-dealkylation sites (tertiary alicyclic amines) is 1. The lowest BCUT2D eigenvalue weighted by molar-refractivity contribution is -0.948. The second-order valence-corrected chi connectivity index (χ2v) is 11.0. The van der Waals surface area contributed by atoms with Crippen molar-refractivity contribution in [3.8, 4) is 11.5 Å². The van der Waals surface area contributed by atoms with Crippen molar-refractivity contribution in [2.24, 2.45) is 0 Å². The summed E-state index contributed by atoms with van der Waals surface area (Å²) in [7, 11) is 1.55. The highest BCUT2D eigenvalue weighted by Gasteiger charge is 2.37. The average Bonchev–Trinajstić information content (AvgIpc) is 3.45. The van der Waals surface area contributed by atoms with E-state index in [1.807, 2.05) is 30.3 Å². The molecule has 0 aliphatic carbocycles. The van der Waals surface area contributed by atoms with Gasteiger partial charge in [0.05, 0.1) is 39.0 Å². The molecule has 5 rings (SSSR count). The monoisotopic (exact) mass is 605 g/mol. The standard InChI is InChI=1S/C33H36FN3O6.CH3/c1-23(38)26-9-12-29(31(19-26)40-2)41-18-6-15-37(22-42-33(39)35-21-24-7-4-3-5-8-24)16-13-25(14-17-37)32-28-11-10-27(34)20-30(28)43-36-32;/h3-5,7-12,19-20,25H,6,13-18,21-22H2,1-2H3;1H3/q;-1/p+1. The molecule has 9 nitrogen and oxygen atoms in total. The quantitative estimate of drug-likeness (QED) is 0.0833. The second-order valence-electron chi connectivity index (χ2n) is 11.0. The zero-order valence-electron chi connectivity index (χ0n) is 25.5.